The second-order valence-electron chi connectivity index (χ2n) is 3.59. The highest BCUT2D eigenvalue weighted by Gasteiger charge is 2.33. The van der Waals surface area contributed by atoms with Gasteiger partial charge in [0, 0.05) is 14.7 Å². The van der Waals surface area contributed by atoms with Crippen LogP contribution in [0.5, 0.6) is 0 Å². The molecule has 0 unspecified atom stereocenters. The summed E-state index contributed by atoms with van der Waals surface area (Å²) in [6.07, 6.45) is 0. The molecule has 0 aliphatic heterocycles. The molecule has 0 fully saturated rings. The summed E-state index contributed by atoms with van der Waals surface area (Å²) in [5, 5.41) is 0. The Hall–Kier alpha value is -1.04. The topological polar surface area (TPSA) is 0 Å². The molecule has 0 saturated carbocycles. The summed E-state index contributed by atoms with van der Waals surface area (Å²) in [6.45, 7) is 0. The van der Waals surface area contributed by atoms with Crippen molar-refractivity contribution in [3.05, 3.63) is 69.0 Å². The van der Waals surface area contributed by atoms with E-state index in [0.717, 1.165) is 27.8 Å². The van der Waals surface area contributed by atoms with Crippen LogP contribution in [0.3, 0.4) is 0 Å². The van der Waals surface area contributed by atoms with Crippen LogP contribution in [0.15, 0.2) is 48.5 Å². The van der Waals surface area contributed by atoms with Gasteiger partial charge in [-0.2, -0.15) is 8.78 Å². The summed E-state index contributed by atoms with van der Waals surface area (Å²) in [4.78, 5) is 0. The molecule has 0 aromatic heterocycles. The van der Waals surface area contributed by atoms with Gasteiger partial charge in [0.05, 0.1) is 0 Å². The Bertz CT molecular complexity index is 456. The van der Waals surface area contributed by atoms with Crippen molar-refractivity contribution in [2.75, 3.05) is 0 Å². The van der Waals surface area contributed by atoms with Crippen molar-refractivity contribution < 1.29 is 13.2 Å². The lowest BCUT2D eigenvalue weighted by Crippen LogP contribution is -2.15. The van der Waals surface area contributed by atoms with Gasteiger partial charge in [-0.05, 0) is 59.0 Å². The molecule has 0 saturated heterocycles. The highest BCUT2D eigenvalue weighted by Crippen LogP contribution is 2.35. The number of hydrogen-bond acceptors (Lipinski definition) is 0. The second kappa shape index (κ2) is 4.68. The van der Waals surface area contributed by atoms with E-state index in [2.05, 4.69) is 0 Å². The Balaban J connectivity index is 2.41. The van der Waals surface area contributed by atoms with Crippen molar-refractivity contribution in [3.63, 3.8) is 0 Å². The Kier molecular flexibility index (Phi) is 3.42. The molecule has 2 aromatic carbocycles. The number of halogens is 4. The lowest BCUT2D eigenvalue weighted by molar-refractivity contribution is 0.0427. The maximum absolute atomic E-state index is 14.0. The minimum atomic E-state index is -3.10. The first-order valence-electron chi connectivity index (χ1n) is 4.90. The molecule has 88 valence electrons. The van der Waals surface area contributed by atoms with Crippen LogP contribution in [-0.4, -0.2) is 0 Å². The smallest absolute Gasteiger partial charge is 0.207 e. The Morgan fingerprint density at radius 3 is 1.65 bits per heavy atom. The van der Waals surface area contributed by atoms with Crippen LogP contribution in [0.25, 0.3) is 0 Å². The highest BCUT2D eigenvalue weighted by atomic mass is 127. The third-order valence-corrected chi connectivity index (χ3v) is 3.13. The van der Waals surface area contributed by atoms with Crippen LogP contribution in [0.2, 0.25) is 0 Å². The molecule has 0 nitrogen and oxygen atoms in total. The summed E-state index contributed by atoms with van der Waals surface area (Å²) in [5.74, 6) is -3.62. The van der Waals surface area contributed by atoms with Gasteiger partial charge in [0.1, 0.15) is 5.82 Å². The maximum Gasteiger partial charge on any atom is 0.298 e. The molecule has 2 aromatic rings. The standard InChI is InChI=1S/C13H8F3I/c14-11-5-1-9(2-6-11)13(15,16)10-3-7-12(17)8-4-10/h1-8H. The van der Waals surface area contributed by atoms with Crippen LogP contribution in [0, 0.1) is 9.39 Å². The maximum atomic E-state index is 14.0. The zero-order valence-corrected chi connectivity index (χ0v) is 10.8. The predicted octanol–water partition coefficient (Wildman–Crippen LogP) is 4.57. The average molecular weight is 348 g/mol. The molecule has 0 N–H and O–H groups in total. The van der Waals surface area contributed by atoms with E-state index < -0.39 is 11.7 Å². The van der Waals surface area contributed by atoms with Crippen molar-refractivity contribution in [2.45, 2.75) is 5.92 Å². The van der Waals surface area contributed by atoms with E-state index in [1.54, 1.807) is 12.1 Å². The number of alkyl halides is 2. The van der Waals surface area contributed by atoms with Gasteiger partial charge in [0.15, 0.2) is 0 Å². The van der Waals surface area contributed by atoms with E-state index in [9.17, 15) is 13.2 Å². The Morgan fingerprint density at radius 2 is 1.18 bits per heavy atom. The van der Waals surface area contributed by atoms with Gasteiger partial charge in [0.25, 0.3) is 5.92 Å². The molecule has 4 heteroatoms. The molecule has 0 heterocycles. The van der Waals surface area contributed by atoms with Gasteiger partial charge in [-0.15, -0.1) is 0 Å². The lowest BCUT2D eigenvalue weighted by atomic mass is 10.0. The van der Waals surface area contributed by atoms with Crippen LogP contribution < -0.4 is 0 Å². The SMILES string of the molecule is Fc1ccc(C(F)(F)c2ccc(I)cc2)cc1. The van der Waals surface area contributed by atoms with E-state index in [1.165, 1.54) is 12.1 Å². The molecule has 0 radical (unpaired) electrons. The monoisotopic (exact) mass is 348 g/mol. The van der Waals surface area contributed by atoms with Crippen LogP contribution >= 0.6 is 22.6 Å². The van der Waals surface area contributed by atoms with Crippen molar-refractivity contribution in [1.82, 2.24) is 0 Å². The minimum absolute atomic E-state index is 0.0930. The Labute approximate surface area is 111 Å². The van der Waals surface area contributed by atoms with E-state index in [0.29, 0.717) is 0 Å². The summed E-state index contributed by atoms with van der Waals surface area (Å²) in [7, 11) is 0. The van der Waals surface area contributed by atoms with Crippen LogP contribution in [0.1, 0.15) is 11.1 Å². The number of rotatable bonds is 2. The predicted molar refractivity (Wildman–Crippen MR) is 68.6 cm³/mol. The summed E-state index contributed by atoms with van der Waals surface area (Å²) >= 11 is 2.05. The van der Waals surface area contributed by atoms with Gasteiger partial charge >= 0.3 is 0 Å². The van der Waals surface area contributed by atoms with Gasteiger partial charge in [-0.25, -0.2) is 4.39 Å². The van der Waals surface area contributed by atoms with E-state index in [-0.39, 0.29) is 11.1 Å². The first-order chi connectivity index (χ1) is 8.00. The van der Waals surface area contributed by atoms with Gasteiger partial charge < -0.3 is 0 Å². The van der Waals surface area contributed by atoms with Crippen molar-refractivity contribution in [1.29, 1.82) is 0 Å². The van der Waals surface area contributed by atoms with Crippen molar-refractivity contribution >= 4 is 22.6 Å². The molecule has 0 amide bonds. The highest BCUT2D eigenvalue weighted by molar-refractivity contribution is 14.1. The molecule has 0 aliphatic rings. The summed E-state index contributed by atoms with van der Waals surface area (Å²) in [5.41, 5.74) is -0.301. The van der Waals surface area contributed by atoms with E-state index in [4.69, 9.17) is 0 Å². The average Bonchev–Trinajstić information content (AvgIpc) is 2.30. The van der Waals surface area contributed by atoms with Crippen molar-refractivity contribution in [3.8, 4) is 0 Å². The quantitative estimate of drug-likeness (QED) is 0.698. The molecule has 0 bridgehead atoms. The van der Waals surface area contributed by atoms with Gasteiger partial charge in [-0.1, -0.05) is 12.1 Å². The van der Waals surface area contributed by atoms with E-state index >= 15 is 0 Å². The molecule has 0 atom stereocenters. The first-order valence-corrected chi connectivity index (χ1v) is 5.98. The zero-order valence-electron chi connectivity index (χ0n) is 8.63. The fourth-order valence-corrected chi connectivity index (χ4v) is 1.84. The fourth-order valence-electron chi connectivity index (χ4n) is 1.49. The second-order valence-corrected chi connectivity index (χ2v) is 4.83. The van der Waals surface area contributed by atoms with Gasteiger partial charge in [-0.3, -0.25) is 0 Å². The van der Waals surface area contributed by atoms with E-state index in [1.807, 2.05) is 22.6 Å². The van der Waals surface area contributed by atoms with Gasteiger partial charge in [0.2, 0.25) is 0 Å². The fraction of sp³-hybridized carbons (Fsp3) is 0.0769. The molecule has 0 aliphatic carbocycles. The summed E-state index contributed by atoms with van der Waals surface area (Å²) in [6, 6.07) is 10.3. The number of benzene rings is 2. The first kappa shape index (κ1) is 12.4. The third-order valence-electron chi connectivity index (χ3n) is 2.41. The number of hydrogen-bond donors (Lipinski definition) is 0. The lowest BCUT2D eigenvalue weighted by Gasteiger charge is -2.17. The minimum Gasteiger partial charge on any atom is -0.207 e. The van der Waals surface area contributed by atoms with Crippen LogP contribution in [0.4, 0.5) is 13.2 Å². The molecule has 2 rings (SSSR count). The van der Waals surface area contributed by atoms with Crippen LogP contribution in [-0.2, 0) is 5.92 Å². The molecular formula is C13H8F3I. The molecular weight excluding hydrogens is 340 g/mol. The largest absolute Gasteiger partial charge is 0.298 e. The van der Waals surface area contributed by atoms with Crippen molar-refractivity contribution in [2.24, 2.45) is 0 Å². The zero-order chi connectivity index (χ0) is 12.5. The molecule has 0 spiro atoms. The molecule has 17 heavy (non-hydrogen) atoms. The Morgan fingerprint density at radius 1 is 0.765 bits per heavy atom. The summed E-state index contributed by atoms with van der Waals surface area (Å²) < 4.78 is 41.6. The third kappa shape index (κ3) is 2.62. The normalized spacial score (nSPS) is 11.5.